The van der Waals surface area contributed by atoms with Crippen LogP contribution in [0, 0.1) is 10.1 Å². The number of nitrogens with zero attached hydrogens (tertiary/aromatic N) is 2. The monoisotopic (exact) mass is 593 g/mol. The molecule has 4 amide bonds. The summed E-state index contributed by atoms with van der Waals surface area (Å²) in [4.78, 5) is 49.6. The molecule has 1 saturated heterocycles. The highest BCUT2D eigenvalue weighted by atomic mass is 79.9. The molecule has 0 spiro atoms. The van der Waals surface area contributed by atoms with E-state index in [0.29, 0.717) is 39.4 Å². The molecule has 0 saturated carbocycles. The molecular weight excluding hydrogens is 570 g/mol. The first-order valence-corrected chi connectivity index (χ1v) is 12.9. The van der Waals surface area contributed by atoms with E-state index in [0.717, 1.165) is 17.7 Å². The van der Waals surface area contributed by atoms with Crippen LogP contribution in [0.1, 0.15) is 30.9 Å². The Bertz CT molecular complexity index is 1450. The summed E-state index contributed by atoms with van der Waals surface area (Å²) < 4.78 is 11.9. The number of anilines is 1. The number of unbranched alkanes of at least 4 members (excludes halogenated alkanes) is 1. The van der Waals surface area contributed by atoms with Crippen molar-refractivity contribution in [1.29, 1.82) is 0 Å². The molecule has 200 valence electrons. The van der Waals surface area contributed by atoms with Crippen molar-refractivity contribution in [3.05, 3.63) is 98.0 Å². The van der Waals surface area contributed by atoms with E-state index in [2.05, 4.69) is 28.2 Å². The molecule has 39 heavy (non-hydrogen) atoms. The predicted octanol–water partition coefficient (Wildman–Crippen LogP) is 5.78. The lowest BCUT2D eigenvalue weighted by atomic mass is 10.1. The fourth-order valence-corrected chi connectivity index (χ4v) is 4.24. The number of amides is 4. The van der Waals surface area contributed by atoms with Gasteiger partial charge < -0.3 is 9.47 Å². The second-order valence-corrected chi connectivity index (χ2v) is 9.41. The normalized spacial score (nSPS) is 14.4. The van der Waals surface area contributed by atoms with Gasteiger partial charge in [-0.25, -0.2) is 9.69 Å². The highest BCUT2D eigenvalue weighted by molar-refractivity contribution is 9.10. The summed E-state index contributed by atoms with van der Waals surface area (Å²) in [6, 6.07) is 16.7. The Morgan fingerprint density at radius 1 is 1.03 bits per heavy atom. The van der Waals surface area contributed by atoms with Gasteiger partial charge in [0.05, 0.1) is 21.7 Å². The van der Waals surface area contributed by atoms with Gasteiger partial charge in [-0.3, -0.25) is 25.0 Å². The number of nitro benzene ring substituents is 1. The van der Waals surface area contributed by atoms with E-state index >= 15 is 0 Å². The number of carbonyl (C=O) groups excluding carboxylic acids is 3. The molecule has 1 N–H and O–H groups in total. The summed E-state index contributed by atoms with van der Waals surface area (Å²) in [6.45, 7) is 2.72. The summed E-state index contributed by atoms with van der Waals surface area (Å²) in [5, 5.41) is 13.2. The Balaban J connectivity index is 1.49. The van der Waals surface area contributed by atoms with Gasteiger partial charge in [-0.05, 0) is 76.0 Å². The number of imide groups is 2. The number of urea groups is 1. The van der Waals surface area contributed by atoms with Gasteiger partial charge in [0.25, 0.3) is 17.5 Å². The van der Waals surface area contributed by atoms with Crippen LogP contribution in [0.5, 0.6) is 11.5 Å². The van der Waals surface area contributed by atoms with Gasteiger partial charge in [0.1, 0.15) is 23.7 Å². The third-order valence-electron chi connectivity index (χ3n) is 5.75. The van der Waals surface area contributed by atoms with Crippen LogP contribution in [0.25, 0.3) is 6.08 Å². The lowest BCUT2D eigenvalue weighted by Gasteiger charge is -2.26. The highest BCUT2D eigenvalue weighted by Crippen LogP contribution is 2.29. The molecule has 1 aliphatic heterocycles. The molecule has 4 rings (SSSR count). The van der Waals surface area contributed by atoms with Crippen molar-refractivity contribution in [2.45, 2.75) is 26.4 Å². The van der Waals surface area contributed by atoms with Crippen molar-refractivity contribution in [3.8, 4) is 11.5 Å². The Morgan fingerprint density at radius 2 is 1.79 bits per heavy atom. The molecule has 0 aliphatic carbocycles. The van der Waals surface area contributed by atoms with Crippen molar-refractivity contribution < 1.29 is 28.8 Å². The van der Waals surface area contributed by atoms with E-state index in [1.165, 1.54) is 18.2 Å². The number of rotatable bonds is 10. The number of benzene rings is 3. The Labute approximate surface area is 232 Å². The van der Waals surface area contributed by atoms with Gasteiger partial charge in [0, 0.05) is 12.1 Å². The van der Waals surface area contributed by atoms with E-state index in [9.17, 15) is 24.5 Å². The number of hydrogen-bond donors (Lipinski definition) is 1. The largest absolute Gasteiger partial charge is 0.494 e. The fourth-order valence-electron chi connectivity index (χ4n) is 3.73. The minimum atomic E-state index is -0.840. The Morgan fingerprint density at radius 3 is 2.49 bits per heavy atom. The molecule has 3 aromatic rings. The number of halogens is 1. The van der Waals surface area contributed by atoms with Gasteiger partial charge >= 0.3 is 6.03 Å². The molecule has 0 radical (unpaired) electrons. The van der Waals surface area contributed by atoms with E-state index in [1.807, 2.05) is 0 Å². The molecule has 3 aromatic carbocycles. The van der Waals surface area contributed by atoms with Crippen molar-refractivity contribution in [2.24, 2.45) is 0 Å². The lowest BCUT2D eigenvalue weighted by Crippen LogP contribution is -2.54. The van der Waals surface area contributed by atoms with Crippen LogP contribution in [0.3, 0.4) is 0 Å². The quantitative estimate of drug-likeness (QED) is 0.104. The first-order chi connectivity index (χ1) is 18.8. The van der Waals surface area contributed by atoms with E-state index in [-0.39, 0.29) is 17.9 Å². The van der Waals surface area contributed by atoms with Crippen LogP contribution in [-0.4, -0.2) is 29.4 Å². The zero-order valence-electron chi connectivity index (χ0n) is 20.9. The van der Waals surface area contributed by atoms with Crippen LogP contribution in [0.2, 0.25) is 0 Å². The maximum atomic E-state index is 13.2. The third-order valence-corrected chi connectivity index (χ3v) is 6.37. The number of nitrogens with one attached hydrogen (secondary N) is 1. The van der Waals surface area contributed by atoms with Crippen LogP contribution >= 0.6 is 15.9 Å². The number of hydrogen-bond acceptors (Lipinski definition) is 7. The van der Waals surface area contributed by atoms with Gasteiger partial charge in [0.15, 0.2) is 0 Å². The predicted molar refractivity (Wildman–Crippen MR) is 147 cm³/mol. The minimum Gasteiger partial charge on any atom is -0.494 e. The number of carbonyl (C=O) groups is 3. The second kappa shape index (κ2) is 12.4. The topological polar surface area (TPSA) is 128 Å². The Hall–Kier alpha value is -4.51. The summed E-state index contributed by atoms with van der Waals surface area (Å²) >= 11 is 3.42. The standard InChI is InChI=1S/C28H24BrN3O7/c1-2-3-13-38-22-10-8-20(9-11-22)31-27(34)23(26(33)30-28(31)35)15-18-7-12-25(24(29)16-18)39-17-19-5-4-6-21(14-19)32(36)37/h4-12,14-16H,2-3,13,17H2,1H3,(H,30,33,35)/b23-15-. The molecular formula is C28H24BrN3O7. The number of non-ortho nitro benzene ring substituents is 1. The van der Waals surface area contributed by atoms with Gasteiger partial charge in [-0.2, -0.15) is 0 Å². The van der Waals surface area contributed by atoms with E-state index < -0.39 is 22.8 Å². The summed E-state index contributed by atoms with van der Waals surface area (Å²) in [5.41, 5.74) is 1.19. The Kier molecular flexibility index (Phi) is 8.72. The molecule has 11 heteroatoms. The number of ether oxygens (including phenoxy) is 2. The van der Waals surface area contributed by atoms with Gasteiger partial charge in [-0.1, -0.05) is 31.5 Å². The maximum Gasteiger partial charge on any atom is 0.335 e. The van der Waals surface area contributed by atoms with Crippen molar-refractivity contribution in [1.82, 2.24) is 5.32 Å². The van der Waals surface area contributed by atoms with Gasteiger partial charge in [0.2, 0.25) is 0 Å². The van der Waals surface area contributed by atoms with Gasteiger partial charge in [-0.15, -0.1) is 0 Å². The van der Waals surface area contributed by atoms with Crippen LogP contribution in [0.4, 0.5) is 16.2 Å². The number of barbiturate groups is 1. The van der Waals surface area contributed by atoms with E-state index in [4.69, 9.17) is 9.47 Å². The molecule has 0 unspecified atom stereocenters. The number of nitro groups is 1. The summed E-state index contributed by atoms with van der Waals surface area (Å²) in [6.07, 6.45) is 3.29. The average molecular weight is 594 g/mol. The molecule has 1 aliphatic rings. The highest BCUT2D eigenvalue weighted by Gasteiger charge is 2.36. The van der Waals surface area contributed by atoms with Crippen molar-refractivity contribution in [2.75, 3.05) is 11.5 Å². The molecule has 1 fully saturated rings. The van der Waals surface area contributed by atoms with Crippen LogP contribution < -0.4 is 19.7 Å². The first-order valence-electron chi connectivity index (χ1n) is 12.1. The van der Waals surface area contributed by atoms with Crippen LogP contribution in [-0.2, 0) is 16.2 Å². The van der Waals surface area contributed by atoms with Crippen LogP contribution in [0.15, 0.2) is 76.8 Å². The zero-order valence-corrected chi connectivity index (χ0v) is 22.5. The van der Waals surface area contributed by atoms with Crippen molar-refractivity contribution >= 4 is 51.2 Å². The molecule has 0 atom stereocenters. The first kappa shape index (κ1) is 27.5. The van der Waals surface area contributed by atoms with Crippen molar-refractivity contribution in [3.63, 3.8) is 0 Å². The van der Waals surface area contributed by atoms with E-state index in [1.54, 1.807) is 54.6 Å². The maximum absolute atomic E-state index is 13.2. The smallest absolute Gasteiger partial charge is 0.335 e. The average Bonchev–Trinajstić information content (AvgIpc) is 2.91. The second-order valence-electron chi connectivity index (χ2n) is 8.56. The summed E-state index contributed by atoms with van der Waals surface area (Å²) in [7, 11) is 0. The molecule has 1 heterocycles. The molecule has 0 bridgehead atoms. The lowest BCUT2D eigenvalue weighted by molar-refractivity contribution is -0.384. The molecule has 0 aromatic heterocycles. The fraction of sp³-hybridized carbons (Fsp3) is 0.179. The third kappa shape index (κ3) is 6.68. The molecule has 10 nitrogen and oxygen atoms in total. The zero-order chi connectivity index (χ0) is 27.9. The SMILES string of the molecule is CCCCOc1ccc(N2C(=O)NC(=O)/C(=C/c3ccc(OCc4cccc([N+](=O)[O-])c4)c(Br)c3)C2=O)cc1. The minimum absolute atomic E-state index is 0.0312. The summed E-state index contributed by atoms with van der Waals surface area (Å²) in [5.74, 6) is -0.490.